The molecular formula is C10H10N2OS. The van der Waals surface area contributed by atoms with Crippen molar-refractivity contribution in [2.45, 2.75) is 18.9 Å². The zero-order valence-corrected chi connectivity index (χ0v) is 8.85. The Bertz CT molecular complexity index is 555. The van der Waals surface area contributed by atoms with Crippen LogP contribution in [0.25, 0.3) is 11.0 Å². The van der Waals surface area contributed by atoms with Gasteiger partial charge in [0.1, 0.15) is 5.65 Å². The van der Waals surface area contributed by atoms with Crippen LogP contribution in [0.2, 0.25) is 0 Å². The quantitative estimate of drug-likeness (QED) is 0.646. The summed E-state index contributed by atoms with van der Waals surface area (Å²) in [5.74, 6) is 0. The third-order valence-electron chi connectivity index (χ3n) is 2.11. The number of fused-ring (bicyclic) bond motifs is 1. The molecule has 0 spiro atoms. The lowest BCUT2D eigenvalue weighted by Gasteiger charge is -2.03. The lowest BCUT2D eigenvalue weighted by Crippen LogP contribution is -2.05. The van der Waals surface area contributed by atoms with E-state index < -0.39 is 0 Å². The Morgan fingerprint density at radius 3 is 2.79 bits per heavy atom. The van der Waals surface area contributed by atoms with E-state index in [2.05, 4.69) is 22.6 Å². The van der Waals surface area contributed by atoms with Crippen LogP contribution >= 0.6 is 12.6 Å². The van der Waals surface area contributed by atoms with E-state index in [0.717, 1.165) is 11.3 Å². The molecule has 0 saturated heterocycles. The molecule has 72 valence electrons. The van der Waals surface area contributed by atoms with Gasteiger partial charge < -0.3 is 4.98 Å². The first-order chi connectivity index (χ1) is 6.58. The van der Waals surface area contributed by atoms with E-state index >= 15 is 0 Å². The van der Waals surface area contributed by atoms with Gasteiger partial charge in [-0.15, -0.1) is 12.6 Å². The first kappa shape index (κ1) is 9.27. The van der Waals surface area contributed by atoms with E-state index in [1.165, 1.54) is 6.07 Å². The van der Waals surface area contributed by atoms with Crippen molar-refractivity contribution in [3.05, 3.63) is 33.6 Å². The molecular weight excluding hydrogens is 196 g/mol. The highest BCUT2D eigenvalue weighted by atomic mass is 32.1. The molecule has 4 heteroatoms. The van der Waals surface area contributed by atoms with Crippen LogP contribution in [0.4, 0.5) is 0 Å². The third-order valence-corrected chi connectivity index (χ3v) is 2.35. The number of aromatic amines is 1. The van der Waals surface area contributed by atoms with Gasteiger partial charge in [-0.2, -0.15) is 0 Å². The zero-order valence-electron chi connectivity index (χ0n) is 7.96. The number of nitrogens with zero attached hydrogens (tertiary/aromatic N) is 1. The number of aryl methyl sites for hydroxylation is 2. The molecule has 0 aliphatic carbocycles. The number of pyridine rings is 2. The first-order valence-electron chi connectivity index (χ1n) is 4.28. The highest BCUT2D eigenvalue weighted by molar-refractivity contribution is 7.80. The van der Waals surface area contributed by atoms with Crippen molar-refractivity contribution < 1.29 is 0 Å². The van der Waals surface area contributed by atoms with Gasteiger partial charge in [0.25, 0.3) is 0 Å². The summed E-state index contributed by atoms with van der Waals surface area (Å²) in [6, 6.07) is 3.37. The maximum Gasteiger partial charge on any atom is 0.192 e. The summed E-state index contributed by atoms with van der Waals surface area (Å²) < 4.78 is 0. The topological polar surface area (TPSA) is 45.8 Å². The highest BCUT2D eigenvalue weighted by Gasteiger charge is 2.05. The van der Waals surface area contributed by atoms with E-state index in [4.69, 9.17) is 0 Å². The molecule has 0 atom stereocenters. The molecule has 0 aliphatic heterocycles. The molecule has 0 fully saturated rings. The SMILES string of the molecule is Cc1cc(C)c2c(=O)cc(S)[nH]c2n1. The fraction of sp³-hybridized carbons (Fsp3) is 0.200. The number of hydrogen-bond donors (Lipinski definition) is 2. The molecule has 2 aromatic rings. The van der Waals surface area contributed by atoms with Gasteiger partial charge in [0, 0.05) is 11.8 Å². The second kappa shape index (κ2) is 3.13. The number of thiol groups is 1. The summed E-state index contributed by atoms with van der Waals surface area (Å²) >= 11 is 4.10. The second-order valence-electron chi connectivity index (χ2n) is 3.32. The Labute approximate surface area is 86.6 Å². The minimum atomic E-state index is -0.0336. The first-order valence-corrected chi connectivity index (χ1v) is 4.73. The highest BCUT2D eigenvalue weighted by Crippen LogP contribution is 2.13. The summed E-state index contributed by atoms with van der Waals surface area (Å²) in [7, 11) is 0. The molecule has 2 aromatic heterocycles. The minimum Gasteiger partial charge on any atom is -0.334 e. The standard InChI is InChI=1S/C10H10N2OS/c1-5-3-6(2)11-10-9(5)7(13)4-8(14)12-10/h3-4H,1-2H3,(H2,11,12,13,14). The van der Waals surface area contributed by atoms with E-state index in [-0.39, 0.29) is 5.43 Å². The minimum absolute atomic E-state index is 0.0336. The molecule has 0 bridgehead atoms. The zero-order chi connectivity index (χ0) is 10.3. The molecule has 0 saturated carbocycles. The average molecular weight is 206 g/mol. The van der Waals surface area contributed by atoms with Crippen molar-refractivity contribution in [3.63, 3.8) is 0 Å². The van der Waals surface area contributed by atoms with Crippen LogP contribution in [0, 0.1) is 13.8 Å². The summed E-state index contributed by atoms with van der Waals surface area (Å²) in [6.45, 7) is 3.81. The van der Waals surface area contributed by atoms with Gasteiger partial charge >= 0.3 is 0 Å². The number of aromatic nitrogens is 2. The van der Waals surface area contributed by atoms with Gasteiger partial charge in [0.2, 0.25) is 0 Å². The van der Waals surface area contributed by atoms with Crippen molar-refractivity contribution in [1.29, 1.82) is 0 Å². The predicted molar refractivity (Wildman–Crippen MR) is 59.1 cm³/mol. The fourth-order valence-corrected chi connectivity index (χ4v) is 1.82. The number of rotatable bonds is 0. The van der Waals surface area contributed by atoms with Crippen molar-refractivity contribution in [1.82, 2.24) is 9.97 Å². The monoisotopic (exact) mass is 206 g/mol. The van der Waals surface area contributed by atoms with Crippen LogP contribution < -0.4 is 5.43 Å². The maximum absolute atomic E-state index is 11.6. The fourth-order valence-electron chi connectivity index (χ4n) is 1.59. The Morgan fingerprint density at radius 2 is 2.07 bits per heavy atom. The molecule has 0 aromatic carbocycles. The van der Waals surface area contributed by atoms with Crippen LogP contribution in [0.5, 0.6) is 0 Å². The van der Waals surface area contributed by atoms with Crippen molar-refractivity contribution in [3.8, 4) is 0 Å². The Morgan fingerprint density at radius 1 is 1.36 bits per heavy atom. The van der Waals surface area contributed by atoms with E-state index in [1.807, 2.05) is 19.9 Å². The lowest BCUT2D eigenvalue weighted by atomic mass is 10.1. The second-order valence-corrected chi connectivity index (χ2v) is 3.80. The Hall–Kier alpha value is -1.29. The molecule has 0 unspecified atom stereocenters. The van der Waals surface area contributed by atoms with Crippen LogP contribution in [0.1, 0.15) is 11.3 Å². The summed E-state index contributed by atoms with van der Waals surface area (Å²) in [6.07, 6.45) is 0. The van der Waals surface area contributed by atoms with E-state index in [0.29, 0.717) is 16.1 Å². The van der Waals surface area contributed by atoms with Crippen molar-refractivity contribution in [2.24, 2.45) is 0 Å². The van der Waals surface area contributed by atoms with Gasteiger partial charge in [-0.05, 0) is 25.5 Å². The number of hydrogen-bond acceptors (Lipinski definition) is 3. The maximum atomic E-state index is 11.6. The van der Waals surface area contributed by atoms with Crippen LogP contribution in [0.3, 0.4) is 0 Å². The van der Waals surface area contributed by atoms with Gasteiger partial charge in [-0.25, -0.2) is 4.98 Å². The van der Waals surface area contributed by atoms with Gasteiger partial charge in [0.15, 0.2) is 5.43 Å². The van der Waals surface area contributed by atoms with E-state index in [9.17, 15) is 4.79 Å². The van der Waals surface area contributed by atoms with Crippen molar-refractivity contribution in [2.75, 3.05) is 0 Å². The normalized spacial score (nSPS) is 10.8. The van der Waals surface area contributed by atoms with Crippen molar-refractivity contribution >= 4 is 23.7 Å². The predicted octanol–water partition coefficient (Wildman–Crippen LogP) is 1.83. The molecule has 0 aliphatic rings. The number of H-pyrrole nitrogens is 1. The smallest absolute Gasteiger partial charge is 0.192 e. The lowest BCUT2D eigenvalue weighted by molar-refractivity contribution is 1.11. The van der Waals surface area contributed by atoms with Gasteiger partial charge in [-0.1, -0.05) is 0 Å². The average Bonchev–Trinajstić information content (AvgIpc) is 1.99. The molecule has 0 amide bonds. The molecule has 2 rings (SSSR count). The molecule has 3 nitrogen and oxygen atoms in total. The van der Waals surface area contributed by atoms with Crippen LogP contribution in [0.15, 0.2) is 22.0 Å². The summed E-state index contributed by atoms with van der Waals surface area (Å²) in [5, 5.41) is 1.19. The molecule has 14 heavy (non-hydrogen) atoms. The largest absolute Gasteiger partial charge is 0.334 e. The summed E-state index contributed by atoms with van der Waals surface area (Å²) in [4.78, 5) is 18.8. The molecule has 1 N–H and O–H groups in total. The summed E-state index contributed by atoms with van der Waals surface area (Å²) in [5.41, 5.74) is 2.42. The Balaban J connectivity index is 3.02. The Kier molecular flexibility index (Phi) is 2.07. The molecule has 0 radical (unpaired) electrons. The number of nitrogens with one attached hydrogen (secondary N) is 1. The third kappa shape index (κ3) is 1.42. The van der Waals surface area contributed by atoms with Crippen LogP contribution in [-0.2, 0) is 0 Å². The van der Waals surface area contributed by atoms with E-state index in [1.54, 1.807) is 0 Å². The van der Waals surface area contributed by atoms with Gasteiger partial charge in [-0.3, -0.25) is 4.79 Å². The van der Waals surface area contributed by atoms with Gasteiger partial charge in [0.05, 0.1) is 10.4 Å². The van der Waals surface area contributed by atoms with Crippen LogP contribution in [-0.4, -0.2) is 9.97 Å². The molecule has 2 heterocycles.